The predicted molar refractivity (Wildman–Crippen MR) is 95.0 cm³/mol. The summed E-state index contributed by atoms with van der Waals surface area (Å²) in [4.78, 5) is 29.3. The molecule has 0 saturated heterocycles. The number of rotatable bonds is 6. The summed E-state index contributed by atoms with van der Waals surface area (Å²) >= 11 is 0. The topological polar surface area (TPSA) is 89.9 Å². The minimum Gasteiger partial charge on any atom is -0.497 e. The van der Waals surface area contributed by atoms with Crippen LogP contribution in [0.1, 0.15) is 34.3 Å². The summed E-state index contributed by atoms with van der Waals surface area (Å²) in [6.45, 7) is 0. The van der Waals surface area contributed by atoms with Gasteiger partial charge in [0.15, 0.2) is 5.78 Å². The quantitative estimate of drug-likeness (QED) is 0.685. The van der Waals surface area contributed by atoms with Crippen LogP contribution in [0.3, 0.4) is 0 Å². The van der Waals surface area contributed by atoms with Crippen molar-refractivity contribution in [3.05, 3.63) is 72.1 Å². The third-order valence-corrected chi connectivity index (χ3v) is 4.46. The standard InChI is InChI=1S/C19H17N5O2/c1-26-16-4-2-3-13(7-16)17(25)14-8-22-18(23-9-14)24-19(5-6-19)15-10-20-12-21-11-15/h2-4,7-12H,5-6H2,1H3,(H,22,23,24). The highest BCUT2D eigenvalue weighted by molar-refractivity contribution is 6.08. The van der Waals surface area contributed by atoms with Gasteiger partial charge in [0.25, 0.3) is 0 Å². The van der Waals surface area contributed by atoms with Crippen molar-refractivity contribution in [1.82, 2.24) is 19.9 Å². The van der Waals surface area contributed by atoms with Crippen LogP contribution in [0.5, 0.6) is 5.75 Å². The number of carbonyl (C=O) groups is 1. The van der Waals surface area contributed by atoms with Gasteiger partial charge in [-0.2, -0.15) is 0 Å². The lowest BCUT2D eigenvalue weighted by Gasteiger charge is -2.16. The van der Waals surface area contributed by atoms with Crippen molar-refractivity contribution in [3.8, 4) is 5.75 Å². The molecule has 26 heavy (non-hydrogen) atoms. The van der Waals surface area contributed by atoms with Crippen LogP contribution in [0.25, 0.3) is 0 Å². The SMILES string of the molecule is COc1cccc(C(=O)c2cnc(NC3(c4cncnc4)CC3)nc2)c1. The maximum atomic E-state index is 12.6. The zero-order valence-corrected chi connectivity index (χ0v) is 14.2. The van der Waals surface area contributed by atoms with Gasteiger partial charge >= 0.3 is 0 Å². The van der Waals surface area contributed by atoms with E-state index in [0.717, 1.165) is 18.4 Å². The first-order chi connectivity index (χ1) is 12.7. The minimum absolute atomic E-state index is 0.145. The van der Waals surface area contributed by atoms with Gasteiger partial charge in [-0.25, -0.2) is 19.9 Å². The number of hydrogen-bond acceptors (Lipinski definition) is 7. The Kier molecular flexibility index (Phi) is 4.04. The average molecular weight is 347 g/mol. The summed E-state index contributed by atoms with van der Waals surface area (Å²) in [5.74, 6) is 0.970. The molecule has 1 fully saturated rings. The van der Waals surface area contributed by atoms with Crippen LogP contribution in [0, 0.1) is 0 Å². The fourth-order valence-electron chi connectivity index (χ4n) is 2.81. The number of benzene rings is 1. The molecule has 1 aliphatic rings. The van der Waals surface area contributed by atoms with Crippen molar-refractivity contribution < 1.29 is 9.53 Å². The summed E-state index contributed by atoms with van der Waals surface area (Å²) in [5.41, 5.74) is 1.77. The normalized spacial score (nSPS) is 14.5. The molecule has 7 heteroatoms. The number of anilines is 1. The summed E-state index contributed by atoms with van der Waals surface area (Å²) in [6, 6.07) is 7.01. The van der Waals surface area contributed by atoms with E-state index in [4.69, 9.17) is 4.74 Å². The molecule has 3 aromatic rings. The van der Waals surface area contributed by atoms with Crippen molar-refractivity contribution in [3.63, 3.8) is 0 Å². The molecule has 0 amide bonds. The monoisotopic (exact) mass is 347 g/mol. The molecule has 1 saturated carbocycles. The lowest BCUT2D eigenvalue weighted by Crippen LogP contribution is -2.21. The molecular formula is C19H17N5O2. The van der Waals surface area contributed by atoms with Gasteiger partial charge in [-0.15, -0.1) is 0 Å². The van der Waals surface area contributed by atoms with E-state index in [0.29, 0.717) is 22.8 Å². The fraction of sp³-hybridized carbons (Fsp3) is 0.211. The van der Waals surface area contributed by atoms with Crippen molar-refractivity contribution in [2.75, 3.05) is 12.4 Å². The molecule has 130 valence electrons. The van der Waals surface area contributed by atoms with Gasteiger partial charge in [0.05, 0.1) is 18.2 Å². The van der Waals surface area contributed by atoms with Gasteiger partial charge in [0.1, 0.15) is 12.1 Å². The third-order valence-electron chi connectivity index (χ3n) is 4.46. The molecule has 2 aromatic heterocycles. The molecule has 1 aliphatic carbocycles. The number of carbonyl (C=O) groups excluding carboxylic acids is 1. The molecule has 0 aliphatic heterocycles. The Labute approximate surface area is 150 Å². The molecule has 4 rings (SSSR count). The van der Waals surface area contributed by atoms with E-state index in [2.05, 4.69) is 25.3 Å². The minimum atomic E-state index is -0.209. The number of ketones is 1. The Morgan fingerprint density at radius 3 is 2.46 bits per heavy atom. The van der Waals surface area contributed by atoms with E-state index < -0.39 is 0 Å². The molecule has 1 N–H and O–H groups in total. The number of nitrogens with one attached hydrogen (secondary N) is 1. The van der Waals surface area contributed by atoms with E-state index in [-0.39, 0.29) is 11.3 Å². The largest absolute Gasteiger partial charge is 0.497 e. The highest BCUT2D eigenvalue weighted by Gasteiger charge is 2.45. The van der Waals surface area contributed by atoms with E-state index in [1.54, 1.807) is 43.8 Å². The van der Waals surface area contributed by atoms with Crippen LogP contribution in [0.15, 0.2) is 55.4 Å². The maximum Gasteiger partial charge on any atom is 0.223 e. The summed E-state index contributed by atoms with van der Waals surface area (Å²) in [6.07, 6.45) is 10.1. The van der Waals surface area contributed by atoms with Crippen LogP contribution in [-0.4, -0.2) is 32.8 Å². The number of nitrogens with zero attached hydrogens (tertiary/aromatic N) is 4. The maximum absolute atomic E-state index is 12.6. The van der Waals surface area contributed by atoms with Crippen LogP contribution in [0.2, 0.25) is 0 Å². The van der Waals surface area contributed by atoms with Gasteiger partial charge in [-0.3, -0.25) is 4.79 Å². The Balaban J connectivity index is 1.51. The average Bonchev–Trinajstić information content (AvgIpc) is 3.49. The first-order valence-corrected chi connectivity index (χ1v) is 8.25. The van der Waals surface area contributed by atoms with Gasteiger partial charge in [0.2, 0.25) is 5.95 Å². The van der Waals surface area contributed by atoms with E-state index >= 15 is 0 Å². The number of aromatic nitrogens is 4. The van der Waals surface area contributed by atoms with Gasteiger partial charge in [0, 0.05) is 35.9 Å². The van der Waals surface area contributed by atoms with E-state index in [1.165, 1.54) is 18.7 Å². The van der Waals surface area contributed by atoms with Gasteiger partial charge in [-0.05, 0) is 25.0 Å². The molecule has 0 bridgehead atoms. The Morgan fingerprint density at radius 1 is 1.08 bits per heavy atom. The molecule has 1 aromatic carbocycles. The fourth-order valence-corrected chi connectivity index (χ4v) is 2.81. The van der Waals surface area contributed by atoms with E-state index in [1.807, 2.05) is 0 Å². The Morgan fingerprint density at radius 2 is 1.81 bits per heavy atom. The second-order valence-corrected chi connectivity index (χ2v) is 6.19. The van der Waals surface area contributed by atoms with Crippen molar-refractivity contribution in [1.29, 1.82) is 0 Å². The summed E-state index contributed by atoms with van der Waals surface area (Å²) < 4.78 is 5.16. The molecular weight excluding hydrogens is 330 g/mol. The zero-order valence-electron chi connectivity index (χ0n) is 14.2. The second kappa shape index (κ2) is 6.51. The van der Waals surface area contributed by atoms with Crippen molar-refractivity contribution >= 4 is 11.7 Å². The number of methoxy groups -OCH3 is 1. The van der Waals surface area contributed by atoms with Crippen LogP contribution < -0.4 is 10.1 Å². The number of hydrogen-bond donors (Lipinski definition) is 1. The zero-order chi connectivity index (χ0) is 18.0. The lowest BCUT2D eigenvalue weighted by molar-refractivity contribution is 0.103. The molecule has 0 spiro atoms. The molecule has 0 radical (unpaired) electrons. The van der Waals surface area contributed by atoms with Gasteiger partial charge < -0.3 is 10.1 Å². The van der Waals surface area contributed by atoms with Crippen LogP contribution in [-0.2, 0) is 5.54 Å². The number of ether oxygens (including phenoxy) is 1. The van der Waals surface area contributed by atoms with Gasteiger partial charge in [-0.1, -0.05) is 12.1 Å². The Bertz CT molecular complexity index is 924. The molecule has 0 unspecified atom stereocenters. The first kappa shape index (κ1) is 16.1. The second-order valence-electron chi connectivity index (χ2n) is 6.19. The van der Waals surface area contributed by atoms with Crippen LogP contribution >= 0.6 is 0 Å². The predicted octanol–water partition coefficient (Wildman–Crippen LogP) is 2.61. The molecule has 7 nitrogen and oxygen atoms in total. The van der Waals surface area contributed by atoms with Crippen LogP contribution in [0.4, 0.5) is 5.95 Å². The third kappa shape index (κ3) is 3.11. The lowest BCUT2D eigenvalue weighted by atomic mass is 10.1. The Hall–Kier alpha value is -3.35. The summed E-state index contributed by atoms with van der Waals surface area (Å²) in [7, 11) is 1.57. The smallest absolute Gasteiger partial charge is 0.223 e. The summed E-state index contributed by atoms with van der Waals surface area (Å²) in [5, 5.41) is 3.34. The van der Waals surface area contributed by atoms with Crippen molar-refractivity contribution in [2.45, 2.75) is 18.4 Å². The van der Waals surface area contributed by atoms with E-state index in [9.17, 15) is 4.79 Å². The highest BCUT2D eigenvalue weighted by atomic mass is 16.5. The molecule has 0 atom stereocenters. The van der Waals surface area contributed by atoms with Crippen molar-refractivity contribution in [2.24, 2.45) is 0 Å². The highest BCUT2D eigenvalue weighted by Crippen LogP contribution is 2.47. The first-order valence-electron chi connectivity index (χ1n) is 8.25. The molecule has 2 heterocycles.